The number of carbonyl (C=O) groups is 1. The zero-order chi connectivity index (χ0) is 12.4. The molecule has 17 heavy (non-hydrogen) atoms. The zero-order valence-corrected chi connectivity index (χ0v) is 10.8. The first kappa shape index (κ1) is 12.4. The number of rotatable bonds is 5. The highest BCUT2D eigenvalue weighted by Crippen LogP contribution is 2.40. The number of aromatic nitrogens is 2. The third-order valence-electron chi connectivity index (χ3n) is 2.61. The smallest absolute Gasteiger partial charge is 0.339 e. The molecule has 0 aliphatic heterocycles. The maximum absolute atomic E-state index is 11.0. The Balaban J connectivity index is 2.20. The van der Waals surface area contributed by atoms with Gasteiger partial charge in [0, 0.05) is 12.1 Å². The van der Waals surface area contributed by atoms with Crippen molar-refractivity contribution in [1.29, 1.82) is 0 Å². The van der Waals surface area contributed by atoms with Crippen molar-refractivity contribution >= 4 is 17.7 Å². The standard InChI is InChI=1S/C12H16N2O2S/c1-7(2)17-6-10-13-5-9(12(15)16)11(14-10)8-3-4-8/h5,7-8H,3-4,6H2,1-2H3,(H,15,16). The van der Waals surface area contributed by atoms with E-state index in [-0.39, 0.29) is 5.56 Å². The van der Waals surface area contributed by atoms with Crippen molar-refractivity contribution < 1.29 is 9.90 Å². The van der Waals surface area contributed by atoms with Crippen molar-refractivity contribution in [1.82, 2.24) is 9.97 Å². The Morgan fingerprint density at radius 1 is 1.59 bits per heavy atom. The van der Waals surface area contributed by atoms with Gasteiger partial charge in [-0.15, -0.1) is 0 Å². The van der Waals surface area contributed by atoms with Gasteiger partial charge in [-0.3, -0.25) is 0 Å². The van der Waals surface area contributed by atoms with Crippen LogP contribution >= 0.6 is 11.8 Å². The van der Waals surface area contributed by atoms with Gasteiger partial charge in [0.05, 0.1) is 17.0 Å². The van der Waals surface area contributed by atoms with Crippen LogP contribution in [0.1, 0.15) is 54.5 Å². The fourth-order valence-corrected chi connectivity index (χ4v) is 2.20. The Hall–Kier alpha value is -1.10. The SMILES string of the molecule is CC(C)SCc1ncc(C(=O)O)c(C2CC2)n1. The maximum Gasteiger partial charge on any atom is 0.339 e. The summed E-state index contributed by atoms with van der Waals surface area (Å²) in [5.74, 6) is 0.912. The summed E-state index contributed by atoms with van der Waals surface area (Å²) < 4.78 is 0. The first-order valence-electron chi connectivity index (χ1n) is 5.78. The lowest BCUT2D eigenvalue weighted by Crippen LogP contribution is -2.08. The number of hydrogen-bond donors (Lipinski definition) is 1. The molecule has 0 atom stereocenters. The van der Waals surface area contributed by atoms with Gasteiger partial charge in [0.2, 0.25) is 0 Å². The summed E-state index contributed by atoms with van der Waals surface area (Å²) in [5.41, 5.74) is 0.998. The van der Waals surface area contributed by atoms with Crippen LogP contribution in [-0.4, -0.2) is 26.3 Å². The lowest BCUT2D eigenvalue weighted by Gasteiger charge is -2.07. The molecule has 4 nitrogen and oxygen atoms in total. The summed E-state index contributed by atoms with van der Waals surface area (Å²) >= 11 is 1.77. The maximum atomic E-state index is 11.0. The molecule has 0 bridgehead atoms. The summed E-state index contributed by atoms with van der Waals surface area (Å²) in [7, 11) is 0. The summed E-state index contributed by atoms with van der Waals surface area (Å²) in [5, 5.41) is 9.60. The van der Waals surface area contributed by atoms with E-state index in [1.165, 1.54) is 6.20 Å². The molecule has 1 fully saturated rings. The minimum Gasteiger partial charge on any atom is -0.478 e. The lowest BCUT2D eigenvalue weighted by molar-refractivity contribution is 0.0694. The first-order valence-corrected chi connectivity index (χ1v) is 6.83. The van der Waals surface area contributed by atoms with E-state index in [2.05, 4.69) is 23.8 Å². The summed E-state index contributed by atoms with van der Waals surface area (Å²) in [4.78, 5) is 19.6. The number of carboxylic acid groups (broad SMARTS) is 1. The third-order valence-corrected chi connectivity index (χ3v) is 3.70. The lowest BCUT2D eigenvalue weighted by atomic mass is 10.1. The Morgan fingerprint density at radius 3 is 2.82 bits per heavy atom. The zero-order valence-electron chi connectivity index (χ0n) is 10.0. The van der Waals surface area contributed by atoms with Crippen LogP contribution in [0.2, 0.25) is 0 Å². The molecular formula is C12H16N2O2S. The fourth-order valence-electron chi connectivity index (χ4n) is 1.58. The molecule has 0 radical (unpaired) electrons. The quantitative estimate of drug-likeness (QED) is 0.873. The summed E-state index contributed by atoms with van der Waals surface area (Å²) in [6.45, 7) is 4.25. The molecule has 1 N–H and O–H groups in total. The van der Waals surface area contributed by atoms with Gasteiger partial charge in [-0.05, 0) is 18.1 Å². The highest BCUT2D eigenvalue weighted by atomic mass is 32.2. The predicted octanol–water partition coefficient (Wildman–Crippen LogP) is 2.69. The Morgan fingerprint density at radius 2 is 2.29 bits per heavy atom. The molecule has 0 spiro atoms. The van der Waals surface area contributed by atoms with E-state index in [1.54, 1.807) is 11.8 Å². The van der Waals surface area contributed by atoms with E-state index in [1.807, 2.05) is 0 Å². The van der Waals surface area contributed by atoms with E-state index in [0.29, 0.717) is 11.2 Å². The topological polar surface area (TPSA) is 63.1 Å². The predicted molar refractivity (Wildman–Crippen MR) is 67.4 cm³/mol. The Kier molecular flexibility index (Phi) is 3.66. The van der Waals surface area contributed by atoms with E-state index in [9.17, 15) is 4.79 Å². The molecule has 1 aliphatic carbocycles. The molecule has 1 aromatic heterocycles. The van der Waals surface area contributed by atoms with Crippen molar-refractivity contribution in [2.45, 2.75) is 43.6 Å². The first-order chi connectivity index (χ1) is 8.08. The number of carboxylic acids is 1. The number of thioether (sulfide) groups is 1. The van der Waals surface area contributed by atoms with Crippen LogP contribution in [0.5, 0.6) is 0 Å². The minimum atomic E-state index is -0.921. The second-order valence-corrected chi connectivity index (χ2v) is 6.09. The second kappa shape index (κ2) is 5.04. The molecule has 0 unspecified atom stereocenters. The largest absolute Gasteiger partial charge is 0.478 e. The molecule has 92 valence electrons. The van der Waals surface area contributed by atoms with E-state index in [0.717, 1.165) is 30.1 Å². The Bertz CT molecular complexity index is 431. The van der Waals surface area contributed by atoms with Crippen LogP contribution in [0, 0.1) is 0 Å². The number of hydrogen-bond acceptors (Lipinski definition) is 4. The molecule has 2 rings (SSSR count). The number of aromatic carboxylic acids is 1. The van der Waals surface area contributed by atoms with Crippen molar-refractivity contribution in [3.05, 3.63) is 23.3 Å². The number of nitrogens with zero attached hydrogens (tertiary/aromatic N) is 2. The van der Waals surface area contributed by atoms with Crippen LogP contribution in [0.25, 0.3) is 0 Å². The van der Waals surface area contributed by atoms with Gasteiger partial charge in [-0.25, -0.2) is 14.8 Å². The highest BCUT2D eigenvalue weighted by molar-refractivity contribution is 7.99. The highest BCUT2D eigenvalue weighted by Gasteiger charge is 2.30. The van der Waals surface area contributed by atoms with E-state index < -0.39 is 5.97 Å². The molecule has 1 heterocycles. The minimum absolute atomic E-state index is 0.269. The van der Waals surface area contributed by atoms with Crippen molar-refractivity contribution in [3.63, 3.8) is 0 Å². The average Bonchev–Trinajstić information content (AvgIpc) is 3.09. The van der Waals surface area contributed by atoms with Crippen molar-refractivity contribution in [3.8, 4) is 0 Å². The average molecular weight is 252 g/mol. The molecular weight excluding hydrogens is 236 g/mol. The summed E-state index contributed by atoms with van der Waals surface area (Å²) in [6, 6.07) is 0. The molecule has 1 aromatic rings. The fraction of sp³-hybridized carbons (Fsp3) is 0.583. The van der Waals surface area contributed by atoms with Crippen molar-refractivity contribution in [2.24, 2.45) is 0 Å². The van der Waals surface area contributed by atoms with Gasteiger partial charge >= 0.3 is 5.97 Å². The van der Waals surface area contributed by atoms with Crippen molar-refractivity contribution in [2.75, 3.05) is 0 Å². The molecule has 0 aromatic carbocycles. The Labute approximate surface area is 105 Å². The summed E-state index contributed by atoms with van der Waals surface area (Å²) in [6.07, 6.45) is 3.56. The van der Waals surface area contributed by atoms with Gasteiger partial charge in [-0.2, -0.15) is 11.8 Å². The molecule has 1 aliphatic rings. The van der Waals surface area contributed by atoms with E-state index in [4.69, 9.17) is 5.11 Å². The third kappa shape index (κ3) is 3.19. The normalized spacial score (nSPS) is 15.2. The van der Waals surface area contributed by atoms with Gasteiger partial charge in [0.1, 0.15) is 5.82 Å². The molecule has 5 heteroatoms. The van der Waals surface area contributed by atoms with Gasteiger partial charge in [0.15, 0.2) is 0 Å². The molecule has 0 saturated heterocycles. The van der Waals surface area contributed by atoms with Gasteiger partial charge in [0.25, 0.3) is 0 Å². The monoisotopic (exact) mass is 252 g/mol. The van der Waals surface area contributed by atoms with Crippen LogP contribution in [0.4, 0.5) is 0 Å². The second-order valence-electron chi connectivity index (χ2n) is 4.52. The molecule has 1 saturated carbocycles. The molecule has 0 amide bonds. The van der Waals surface area contributed by atoms with Crippen LogP contribution < -0.4 is 0 Å². The van der Waals surface area contributed by atoms with Gasteiger partial charge < -0.3 is 5.11 Å². The van der Waals surface area contributed by atoms with Crippen LogP contribution in [0.15, 0.2) is 6.20 Å². The van der Waals surface area contributed by atoms with E-state index >= 15 is 0 Å². The van der Waals surface area contributed by atoms with Crippen LogP contribution in [0.3, 0.4) is 0 Å². The van der Waals surface area contributed by atoms with Gasteiger partial charge in [-0.1, -0.05) is 13.8 Å². The van der Waals surface area contributed by atoms with Crippen LogP contribution in [-0.2, 0) is 5.75 Å².